The maximum atomic E-state index is 13.0. The Balaban J connectivity index is 1.72. The number of thioether (sulfide) groups is 1. The van der Waals surface area contributed by atoms with E-state index in [1.807, 2.05) is 60.7 Å². The van der Waals surface area contributed by atoms with Crippen LogP contribution in [0, 0.1) is 0 Å². The molecule has 0 bridgehead atoms. The van der Waals surface area contributed by atoms with Crippen molar-refractivity contribution in [3.05, 3.63) is 95.9 Å². The molecule has 1 aromatic heterocycles. The normalized spacial score (nSPS) is 17.7. The van der Waals surface area contributed by atoms with Crippen LogP contribution in [-0.4, -0.2) is 17.3 Å². The Hall–Kier alpha value is -3.12. The Kier molecular flexibility index (Phi) is 4.41. The van der Waals surface area contributed by atoms with Gasteiger partial charge in [-0.05, 0) is 23.3 Å². The Morgan fingerprint density at radius 2 is 1.58 bits per heavy atom. The van der Waals surface area contributed by atoms with Gasteiger partial charge in [-0.3, -0.25) is 4.79 Å². The molecule has 5 nitrogen and oxygen atoms in total. The molecule has 0 radical (unpaired) electrons. The molecule has 1 fully saturated rings. The van der Waals surface area contributed by atoms with Crippen LogP contribution in [0.1, 0.15) is 16.9 Å². The zero-order valence-corrected chi connectivity index (χ0v) is 14.5. The van der Waals surface area contributed by atoms with Crippen molar-refractivity contribution in [3.8, 4) is 0 Å². The third kappa shape index (κ3) is 2.95. The molecule has 26 heavy (non-hydrogen) atoms. The summed E-state index contributed by atoms with van der Waals surface area (Å²) in [7, 11) is 0. The number of nitrogens with zero attached hydrogens (tertiary/aromatic N) is 2. The second-order valence-electron chi connectivity index (χ2n) is 5.63. The summed E-state index contributed by atoms with van der Waals surface area (Å²) in [6, 6.07) is 22.9. The Morgan fingerprint density at radius 1 is 0.923 bits per heavy atom. The molecule has 1 aliphatic rings. The highest BCUT2D eigenvalue weighted by atomic mass is 32.2. The summed E-state index contributed by atoms with van der Waals surface area (Å²) in [5.41, 5.74) is 1.79. The first-order valence-corrected chi connectivity index (χ1v) is 8.87. The molecule has 6 heteroatoms. The van der Waals surface area contributed by atoms with Crippen molar-refractivity contribution < 1.29 is 9.21 Å². The second kappa shape index (κ2) is 7.01. The zero-order valence-electron chi connectivity index (χ0n) is 13.7. The van der Waals surface area contributed by atoms with Crippen molar-refractivity contribution >= 4 is 29.1 Å². The van der Waals surface area contributed by atoms with Crippen molar-refractivity contribution in [2.24, 2.45) is 10.2 Å². The number of hydrogen-bond acceptors (Lipinski definition) is 5. The average Bonchev–Trinajstić information content (AvgIpc) is 3.32. The van der Waals surface area contributed by atoms with E-state index >= 15 is 0 Å². The summed E-state index contributed by atoms with van der Waals surface area (Å²) in [5.74, 6) is 0.466. The molecule has 0 saturated carbocycles. The highest BCUT2D eigenvalue weighted by molar-refractivity contribution is 8.16. The monoisotopic (exact) mass is 361 g/mol. The predicted octanol–water partition coefficient (Wildman–Crippen LogP) is 3.78. The molecule has 0 unspecified atom stereocenters. The first-order valence-electron chi connectivity index (χ1n) is 8.05. The van der Waals surface area contributed by atoms with Gasteiger partial charge in [-0.25, -0.2) is 0 Å². The van der Waals surface area contributed by atoms with Crippen LogP contribution in [0.3, 0.4) is 0 Å². The van der Waals surface area contributed by atoms with Gasteiger partial charge in [0.1, 0.15) is 5.76 Å². The molecular formula is C20H15N3O2S. The van der Waals surface area contributed by atoms with Crippen LogP contribution in [0.2, 0.25) is 0 Å². The van der Waals surface area contributed by atoms with E-state index < -0.39 is 4.75 Å². The van der Waals surface area contributed by atoms with Crippen LogP contribution >= 0.6 is 11.8 Å². The van der Waals surface area contributed by atoms with Crippen LogP contribution in [0.4, 0.5) is 0 Å². The lowest BCUT2D eigenvalue weighted by molar-refractivity contribution is -0.120. The van der Waals surface area contributed by atoms with Crippen molar-refractivity contribution in [2.75, 3.05) is 0 Å². The summed E-state index contributed by atoms with van der Waals surface area (Å²) >= 11 is 1.35. The molecular weight excluding hydrogens is 346 g/mol. The average molecular weight is 361 g/mol. The number of rotatable bonds is 4. The van der Waals surface area contributed by atoms with Crippen LogP contribution < -0.4 is 5.32 Å². The standard InChI is InChI=1S/C20H15N3O2S/c24-18-20(15-8-3-1-4-9-15,16-10-5-2-6-11-16)26-19(22-18)23-21-14-17-12-7-13-25-17/h1-14H,(H,22,23,24)/b21-14+. The van der Waals surface area contributed by atoms with Crippen molar-refractivity contribution in [1.82, 2.24) is 5.32 Å². The summed E-state index contributed by atoms with van der Waals surface area (Å²) in [4.78, 5) is 13.0. The van der Waals surface area contributed by atoms with E-state index in [1.165, 1.54) is 18.0 Å². The fourth-order valence-corrected chi connectivity index (χ4v) is 4.02. The van der Waals surface area contributed by atoms with Crippen molar-refractivity contribution in [1.29, 1.82) is 0 Å². The lowest BCUT2D eigenvalue weighted by atomic mass is 9.89. The first-order chi connectivity index (χ1) is 12.8. The minimum Gasteiger partial charge on any atom is -0.463 e. The predicted molar refractivity (Wildman–Crippen MR) is 103 cm³/mol. The van der Waals surface area contributed by atoms with E-state index in [9.17, 15) is 4.79 Å². The minimum absolute atomic E-state index is 0.133. The van der Waals surface area contributed by atoms with Crippen LogP contribution in [0.5, 0.6) is 0 Å². The lowest BCUT2D eigenvalue weighted by Crippen LogP contribution is -2.35. The lowest BCUT2D eigenvalue weighted by Gasteiger charge is -2.25. The van der Waals surface area contributed by atoms with Gasteiger partial charge in [-0.1, -0.05) is 72.4 Å². The summed E-state index contributed by atoms with van der Waals surface area (Å²) in [6.07, 6.45) is 3.07. The van der Waals surface area contributed by atoms with Gasteiger partial charge in [0.05, 0.1) is 12.5 Å². The number of amides is 1. The molecule has 128 valence electrons. The highest BCUT2D eigenvalue weighted by Crippen LogP contribution is 2.46. The molecule has 1 amide bonds. The van der Waals surface area contributed by atoms with Gasteiger partial charge >= 0.3 is 0 Å². The Bertz CT molecular complexity index is 912. The number of amidine groups is 1. The van der Waals surface area contributed by atoms with Crippen molar-refractivity contribution in [2.45, 2.75) is 4.75 Å². The van der Waals surface area contributed by atoms with Crippen LogP contribution in [0.25, 0.3) is 0 Å². The van der Waals surface area contributed by atoms with Gasteiger partial charge in [-0.15, -0.1) is 5.10 Å². The number of furan rings is 1. The van der Waals surface area contributed by atoms with E-state index in [2.05, 4.69) is 15.5 Å². The number of carbonyl (C=O) groups excluding carboxylic acids is 1. The SMILES string of the molecule is O=C1N/C(=N\N=C\c2ccco2)SC1(c1ccccc1)c1ccccc1. The third-order valence-corrected chi connectivity index (χ3v) is 5.37. The molecule has 0 aliphatic carbocycles. The maximum absolute atomic E-state index is 13.0. The van der Waals surface area contributed by atoms with Crippen molar-refractivity contribution in [3.63, 3.8) is 0 Å². The van der Waals surface area contributed by atoms with E-state index in [-0.39, 0.29) is 5.91 Å². The number of nitrogens with one attached hydrogen (secondary N) is 1. The first kappa shape index (κ1) is 16.4. The topological polar surface area (TPSA) is 67.0 Å². The van der Waals surface area contributed by atoms with Gasteiger partial charge in [0.2, 0.25) is 0 Å². The summed E-state index contributed by atoms with van der Waals surface area (Å²) in [5, 5.41) is 11.5. The number of carbonyl (C=O) groups is 1. The van der Waals surface area contributed by atoms with E-state index in [1.54, 1.807) is 18.4 Å². The molecule has 0 spiro atoms. The van der Waals surface area contributed by atoms with Gasteiger partial charge in [0.25, 0.3) is 5.91 Å². The van der Waals surface area contributed by atoms with Gasteiger partial charge < -0.3 is 9.73 Å². The Labute approximate surface area is 154 Å². The molecule has 2 heterocycles. The summed E-state index contributed by atoms with van der Waals surface area (Å²) in [6.45, 7) is 0. The quantitative estimate of drug-likeness (QED) is 0.568. The fraction of sp³-hybridized carbons (Fsp3) is 0.0500. The maximum Gasteiger partial charge on any atom is 0.251 e. The van der Waals surface area contributed by atoms with Crippen LogP contribution in [-0.2, 0) is 9.54 Å². The smallest absolute Gasteiger partial charge is 0.251 e. The number of hydrogen-bond donors (Lipinski definition) is 1. The molecule has 3 aromatic rings. The number of benzene rings is 2. The van der Waals surface area contributed by atoms with E-state index in [4.69, 9.17) is 4.42 Å². The molecule has 1 aliphatic heterocycles. The highest BCUT2D eigenvalue weighted by Gasteiger charge is 2.49. The van der Waals surface area contributed by atoms with Gasteiger partial charge in [0.15, 0.2) is 9.91 Å². The molecule has 1 N–H and O–H groups in total. The van der Waals surface area contributed by atoms with E-state index in [0.717, 1.165) is 11.1 Å². The molecule has 1 saturated heterocycles. The molecule has 0 atom stereocenters. The molecule has 4 rings (SSSR count). The van der Waals surface area contributed by atoms with Gasteiger partial charge in [0, 0.05) is 0 Å². The zero-order chi connectivity index (χ0) is 17.8. The fourth-order valence-electron chi connectivity index (χ4n) is 2.84. The largest absolute Gasteiger partial charge is 0.463 e. The van der Waals surface area contributed by atoms with Gasteiger partial charge in [-0.2, -0.15) is 5.10 Å². The Morgan fingerprint density at radius 3 is 2.15 bits per heavy atom. The minimum atomic E-state index is -0.887. The second-order valence-corrected chi connectivity index (χ2v) is 6.84. The van der Waals surface area contributed by atoms with Crippen LogP contribution in [0.15, 0.2) is 93.7 Å². The molecule has 2 aromatic carbocycles. The third-order valence-electron chi connectivity index (χ3n) is 4.03. The van der Waals surface area contributed by atoms with E-state index in [0.29, 0.717) is 10.9 Å². The summed E-state index contributed by atoms with van der Waals surface area (Å²) < 4.78 is 4.30.